The molecule has 4 nitrogen and oxygen atoms in total. The number of aromatic nitrogens is 1. The zero-order chi connectivity index (χ0) is 13.5. The first-order valence-electron chi connectivity index (χ1n) is 6.70. The molecule has 0 bridgehead atoms. The minimum atomic E-state index is -0.0934. The summed E-state index contributed by atoms with van der Waals surface area (Å²) in [7, 11) is 0. The maximum atomic E-state index is 9.74. The predicted octanol–water partition coefficient (Wildman–Crippen LogP) is 2.36. The number of benzene rings is 1. The van der Waals surface area contributed by atoms with Crippen molar-refractivity contribution < 1.29 is 14.3 Å². The molecule has 1 unspecified atom stereocenters. The number of ether oxygens (including phenoxy) is 1. The summed E-state index contributed by atoms with van der Waals surface area (Å²) in [6.07, 6.45) is 1.46. The number of fused-ring (bicyclic) bond motifs is 1. The first kappa shape index (κ1) is 12.6. The molecule has 2 heterocycles. The maximum absolute atomic E-state index is 9.74. The maximum Gasteiger partial charge on any atom is 0.181 e. The van der Waals surface area contributed by atoms with Crippen molar-refractivity contribution in [1.29, 1.82) is 0 Å². The standard InChI is InChI=1S/C15H19NO3/c1-10(2)12(6-17)15(7-18-8-15)11-3-4-13-14(5-11)19-9-16-13/h3-5,9-10,12,17H,6-8H2,1-2H3. The minimum absolute atomic E-state index is 0.0934. The van der Waals surface area contributed by atoms with E-state index in [2.05, 4.69) is 24.9 Å². The van der Waals surface area contributed by atoms with Gasteiger partial charge >= 0.3 is 0 Å². The molecule has 2 aromatic rings. The highest BCUT2D eigenvalue weighted by atomic mass is 16.5. The van der Waals surface area contributed by atoms with Crippen molar-refractivity contribution >= 4 is 11.1 Å². The Labute approximate surface area is 112 Å². The fourth-order valence-electron chi connectivity index (χ4n) is 3.11. The number of oxazole rings is 1. The van der Waals surface area contributed by atoms with Crippen LogP contribution in [0.2, 0.25) is 0 Å². The van der Waals surface area contributed by atoms with Gasteiger partial charge < -0.3 is 14.3 Å². The molecule has 4 heteroatoms. The molecule has 3 rings (SSSR count). The summed E-state index contributed by atoms with van der Waals surface area (Å²) in [6.45, 7) is 5.80. The Morgan fingerprint density at radius 3 is 2.74 bits per heavy atom. The molecule has 0 spiro atoms. The van der Waals surface area contributed by atoms with Gasteiger partial charge in [-0.2, -0.15) is 0 Å². The first-order chi connectivity index (χ1) is 9.17. The molecule has 1 N–H and O–H groups in total. The highest BCUT2D eigenvalue weighted by Gasteiger charge is 2.48. The van der Waals surface area contributed by atoms with E-state index in [9.17, 15) is 5.11 Å². The zero-order valence-corrected chi connectivity index (χ0v) is 11.3. The monoisotopic (exact) mass is 261 g/mol. The largest absolute Gasteiger partial charge is 0.443 e. The van der Waals surface area contributed by atoms with Gasteiger partial charge in [-0.15, -0.1) is 0 Å². The number of rotatable bonds is 4. The molecular weight excluding hydrogens is 242 g/mol. The molecule has 1 fully saturated rings. The Kier molecular flexibility index (Phi) is 3.07. The third-order valence-corrected chi connectivity index (χ3v) is 4.34. The van der Waals surface area contributed by atoms with Crippen LogP contribution in [-0.2, 0) is 10.2 Å². The smallest absolute Gasteiger partial charge is 0.181 e. The highest BCUT2D eigenvalue weighted by Crippen LogP contribution is 2.43. The summed E-state index contributed by atoms with van der Waals surface area (Å²) in [6, 6.07) is 6.09. The summed E-state index contributed by atoms with van der Waals surface area (Å²) >= 11 is 0. The van der Waals surface area contributed by atoms with E-state index in [1.54, 1.807) is 0 Å². The fourth-order valence-corrected chi connectivity index (χ4v) is 3.11. The molecular formula is C15H19NO3. The van der Waals surface area contributed by atoms with Crippen LogP contribution < -0.4 is 0 Å². The normalized spacial score (nSPS) is 19.6. The Morgan fingerprint density at radius 1 is 1.37 bits per heavy atom. The number of nitrogens with zero attached hydrogens (tertiary/aromatic N) is 1. The SMILES string of the molecule is CC(C)C(CO)C1(c2ccc3ncoc3c2)COC1. The summed E-state index contributed by atoms with van der Waals surface area (Å²) in [4.78, 5) is 4.14. The van der Waals surface area contributed by atoms with E-state index in [1.165, 1.54) is 12.0 Å². The van der Waals surface area contributed by atoms with E-state index < -0.39 is 0 Å². The molecule has 102 valence electrons. The third kappa shape index (κ3) is 1.86. The van der Waals surface area contributed by atoms with Crippen molar-refractivity contribution in [2.75, 3.05) is 19.8 Å². The number of hydrogen-bond acceptors (Lipinski definition) is 4. The van der Waals surface area contributed by atoms with Crippen molar-refractivity contribution in [1.82, 2.24) is 4.98 Å². The summed E-state index contributed by atoms with van der Waals surface area (Å²) in [5.74, 6) is 0.598. The van der Waals surface area contributed by atoms with E-state index in [4.69, 9.17) is 9.15 Å². The van der Waals surface area contributed by atoms with Gasteiger partial charge in [0, 0.05) is 12.0 Å². The van der Waals surface area contributed by atoms with Crippen LogP contribution in [-0.4, -0.2) is 29.9 Å². The molecule has 0 aliphatic carbocycles. The van der Waals surface area contributed by atoms with Gasteiger partial charge in [0.1, 0.15) is 5.52 Å². The van der Waals surface area contributed by atoms with Gasteiger partial charge in [0.25, 0.3) is 0 Å². The Morgan fingerprint density at radius 2 is 2.16 bits per heavy atom. The third-order valence-electron chi connectivity index (χ3n) is 4.34. The Bertz CT molecular complexity index is 572. The summed E-state index contributed by atoms with van der Waals surface area (Å²) < 4.78 is 10.8. The average Bonchev–Trinajstić information content (AvgIpc) is 2.79. The molecule has 0 radical (unpaired) electrons. The second kappa shape index (κ2) is 4.62. The molecule has 1 saturated heterocycles. The van der Waals surface area contributed by atoms with Gasteiger partial charge in [0.2, 0.25) is 0 Å². The number of aliphatic hydroxyl groups excluding tert-OH is 1. The lowest BCUT2D eigenvalue weighted by molar-refractivity contribution is -0.111. The van der Waals surface area contributed by atoms with Crippen LogP contribution in [0.5, 0.6) is 0 Å². The van der Waals surface area contributed by atoms with E-state index in [-0.39, 0.29) is 17.9 Å². The van der Waals surface area contributed by atoms with Gasteiger partial charge in [-0.25, -0.2) is 4.98 Å². The summed E-state index contributed by atoms with van der Waals surface area (Å²) in [5, 5.41) is 9.74. The van der Waals surface area contributed by atoms with Crippen LogP contribution >= 0.6 is 0 Å². The van der Waals surface area contributed by atoms with E-state index >= 15 is 0 Å². The van der Waals surface area contributed by atoms with E-state index in [1.807, 2.05) is 12.1 Å². The van der Waals surface area contributed by atoms with E-state index in [0.717, 1.165) is 11.1 Å². The molecule has 1 atom stereocenters. The molecule has 0 amide bonds. The van der Waals surface area contributed by atoms with Crippen LogP contribution in [0, 0.1) is 11.8 Å². The fraction of sp³-hybridized carbons (Fsp3) is 0.533. The lowest BCUT2D eigenvalue weighted by atomic mass is 9.65. The van der Waals surface area contributed by atoms with Gasteiger partial charge in [0.05, 0.1) is 13.2 Å². The van der Waals surface area contributed by atoms with Crippen LogP contribution in [0.25, 0.3) is 11.1 Å². The minimum Gasteiger partial charge on any atom is -0.443 e. The Hall–Kier alpha value is -1.39. The number of aliphatic hydroxyl groups is 1. The molecule has 1 aromatic carbocycles. The zero-order valence-electron chi connectivity index (χ0n) is 11.3. The highest BCUT2D eigenvalue weighted by molar-refractivity contribution is 5.73. The van der Waals surface area contributed by atoms with Gasteiger partial charge in [-0.1, -0.05) is 19.9 Å². The topological polar surface area (TPSA) is 55.5 Å². The molecule has 1 aliphatic heterocycles. The van der Waals surface area contributed by atoms with Gasteiger partial charge in [-0.3, -0.25) is 0 Å². The lowest BCUT2D eigenvalue weighted by Crippen LogP contribution is -2.55. The molecule has 0 saturated carbocycles. The molecule has 1 aromatic heterocycles. The van der Waals surface area contributed by atoms with Gasteiger partial charge in [0.15, 0.2) is 12.0 Å². The van der Waals surface area contributed by atoms with Gasteiger partial charge in [-0.05, 0) is 29.5 Å². The molecule has 19 heavy (non-hydrogen) atoms. The quantitative estimate of drug-likeness (QED) is 0.918. The number of hydrogen-bond donors (Lipinski definition) is 1. The second-order valence-corrected chi connectivity index (χ2v) is 5.72. The average molecular weight is 261 g/mol. The Balaban J connectivity index is 2.05. The van der Waals surface area contributed by atoms with Crippen LogP contribution in [0.4, 0.5) is 0 Å². The van der Waals surface area contributed by atoms with Crippen molar-refractivity contribution in [3.05, 3.63) is 30.2 Å². The van der Waals surface area contributed by atoms with Crippen molar-refractivity contribution in [3.63, 3.8) is 0 Å². The van der Waals surface area contributed by atoms with Crippen LogP contribution in [0.15, 0.2) is 29.0 Å². The predicted molar refractivity (Wildman–Crippen MR) is 71.9 cm³/mol. The van der Waals surface area contributed by atoms with Crippen LogP contribution in [0.3, 0.4) is 0 Å². The summed E-state index contributed by atoms with van der Waals surface area (Å²) in [5.41, 5.74) is 2.74. The van der Waals surface area contributed by atoms with Crippen molar-refractivity contribution in [3.8, 4) is 0 Å². The first-order valence-corrected chi connectivity index (χ1v) is 6.70. The second-order valence-electron chi connectivity index (χ2n) is 5.72. The lowest BCUT2D eigenvalue weighted by Gasteiger charge is -2.48. The van der Waals surface area contributed by atoms with E-state index in [0.29, 0.717) is 19.1 Å². The molecule has 1 aliphatic rings. The van der Waals surface area contributed by atoms with Crippen molar-refractivity contribution in [2.45, 2.75) is 19.3 Å². The van der Waals surface area contributed by atoms with Crippen molar-refractivity contribution in [2.24, 2.45) is 11.8 Å². The van der Waals surface area contributed by atoms with Crippen LogP contribution in [0.1, 0.15) is 19.4 Å².